The van der Waals surface area contributed by atoms with Gasteiger partial charge in [-0.15, -0.1) is 0 Å². The third-order valence-electron chi connectivity index (χ3n) is 4.81. The summed E-state index contributed by atoms with van der Waals surface area (Å²) < 4.78 is 5.48. The lowest BCUT2D eigenvalue weighted by Crippen LogP contribution is -2.24. The van der Waals surface area contributed by atoms with E-state index in [1.807, 2.05) is 6.92 Å². The van der Waals surface area contributed by atoms with Crippen LogP contribution in [0.1, 0.15) is 73.8 Å². The Hall–Kier alpha value is -1.76. The van der Waals surface area contributed by atoms with Crippen molar-refractivity contribution in [2.75, 3.05) is 6.54 Å². The second-order valence-corrected chi connectivity index (χ2v) is 6.44. The molecule has 1 saturated carbocycles. The molecule has 118 valence electrons. The number of nitrogens with zero attached hydrogens (tertiary/aromatic N) is 5. The topological polar surface area (TPSA) is 83.7 Å². The molecule has 0 bridgehead atoms. The van der Waals surface area contributed by atoms with E-state index in [1.165, 1.54) is 25.7 Å². The molecule has 0 spiro atoms. The van der Waals surface area contributed by atoms with E-state index in [1.54, 1.807) is 0 Å². The van der Waals surface area contributed by atoms with Gasteiger partial charge in [0.25, 0.3) is 0 Å². The Kier molecular flexibility index (Phi) is 3.65. The smallest absolute Gasteiger partial charge is 0.229 e. The maximum atomic E-state index is 5.48. The monoisotopic (exact) mass is 302 g/mol. The molecule has 2 fully saturated rings. The molecule has 3 heterocycles. The van der Waals surface area contributed by atoms with Gasteiger partial charge in [0.15, 0.2) is 11.6 Å². The molecular weight excluding hydrogens is 280 g/mol. The fourth-order valence-electron chi connectivity index (χ4n) is 3.67. The van der Waals surface area contributed by atoms with Gasteiger partial charge in [-0.05, 0) is 39.2 Å². The number of aryl methyl sites for hydroxylation is 1. The van der Waals surface area contributed by atoms with Gasteiger partial charge >= 0.3 is 0 Å². The Labute approximate surface area is 129 Å². The number of aromatic nitrogens is 5. The minimum atomic E-state index is 0.262. The minimum Gasteiger partial charge on any atom is -0.339 e. The minimum absolute atomic E-state index is 0.262. The van der Waals surface area contributed by atoms with Gasteiger partial charge in [0.05, 0.1) is 12.6 Å². The van der Waals surface area contributed by atoms with Crippen LogP contribution in [0.15, 0.2) is 4.52 Å². The second kappa shape index (κ2) is 5.79. The van der Waals surface area contributed by atoms with Crippen molar-refractivity contribution in [2.24, 2.45) is 0 Å². The van der Waals surface area contributed by atoms with Crippen LogP contribution < -0.4 is 0 Å². The summed E-state index contributed by atoms with van der Waals surface area (Å²) in [6, 6.07) is 0.262. The number of hydrogen-bond donors (Lipinski definition) is 1. The first-order chi connectivity index (χ1) is 10.8. The van der Waals surface area contributed by atoms with E-state index in [9.17, 15) is 0 Å². The zero-order valence-corrected chi connectivity index (χ0v) is 13.0. The van der Waals surface area contributed by atoms with E-state index in [0.717, 1.165) is 42.8 Å². The molecule has 2 aromatic heterocycles. The van der Waals surface area contributed by atoms with Gasteiger partial charge in [-0.2, -0.15) is 10.1 Å². The van der Waals surface area contributed by atoms with E-state index in [0.29, 0.717) is 12.5 Å². The highest BCUT2D eigenvalue weighted by Gasteiger charge is 2.31. The Morgan fingerprint density at radius 3 is 2.82 bits per heavy atom. The van der Waals surface area contributed by atoms with Gasteiger partial charge in [0.2, 0.25) is 5.89 Å². The van der Waals surface area contributed by atoms with Gasteiger partial charge in [-0.25, -0.2) is 4.98 Å². The molecule has 7 nitrogen and oxygen atoms in total. The van der Waals surface area contributed by atoms with Crippen LogP contribution in [0.5, 0.6) is 0 Å². The Balaban J connectivity index is 1.45. The number of likely N-dealkylation sites (tertiary alicyclic amines) is 1. The lowest BCUT2D eigenvalue weighted by Gasteiger charge is -2.19. The number of H-pyrrole nitrogens is 1. The van der Waals surface area contributed by atoms with E-state index in [4.69, 9.17) is 4.52 Å². The van der Waals surface area contributed by atoms with Crippen molar-refractivity contribution in [1.82, 2.24) is 30.2 Å². The summed E-state index contributed by atoms with van der Waals surface area (Å²) >= 11 is 0. The van der Waals surface area contributed by atoms with E-state index in [-0.39, 0.29) is 6.04 Å². The largest absolute Gasteiger partial charge is 0.339 e. The maximum Gasteiger partial charge on any atom is 0.229 e. The SMILES string of the molecule is Cc1nc([C@H]2CCCN2Cc2noc(C3CCCC3)n2)n[nH]1. The summed E-state index contributed by atoms with van der Waals surface area (Å²) in [5.74, 6) is 3.85. The summed E-state index contributed by atoms with van der Waals surface area (Å²) in [6.07, 6.45) is 7.17. The number of rotatable bonds is 4. The molecule has 0 amide bonds. The molecule has 0 unspecified atom stereocenters. The van der Waals surface area contributed by atoms with Crippen LogP contribution in [0.3, 0.4) is 0 Å². The van der Waals surface area contributed by atoms with Crippen molar-refractivity contribution in [3.8, 4) is 0 Å². The molecule has 4 rings (SSSR count). The van der Waals surface area contributed by atoms with Crippen LogP contribution in [-0.4, -0.2) is 36.8 Å². The van der Waals surface area contributed by atoms with Crippen LogP contribution >= 0.6 is 0 Å². The van der Waals surface area contributed by atoms with Gasteiger partial charge in [0, 0.05) is 5.92 Å². The van der Waals surface area contributed by atoms with Crippen LogP contribution in [0.2, 0.25) is 0 Å². The first kappa shape index (κ1) is 13.9. The highest BCUT2D eigenvalue weighted by molar-refractivity contribution is 5.01. The third kappa shape index (κ3) is 2.65. The van der Waals surface area contributed by atoms with Gasteiger partial charge in [-0.3, -0.25) is 10.00 Å². The second-order valence-electron chi connectivity index (χ2n) is 6.44. The standard InChI is InChI=1S/C15H22N6O/c1-10-16-14(19-18-10)12-7-4-8-21(12)9-13-17-15(22-20-13)11-5-2-3-6-11/h11-12H,2-9H2,1H3,(H,16,18,19)/t12-/m1/s1. The van der Waals surface area contributed by atoms with Crippen LogP contribution in [0.4, 0.5) is 0 Å². The number of hydrogen-bond acceptors (Lipinski definition) is 6. The normalized spacial score (nSPS) is 23.6. The van der Waals surface area contributed by atoms with Crippen molar-refractivity contribution >= 4 is 0 Å². The predicted molar refractivity (Wildman–Crippen MR) is 79.0 cm³/mol. The van der Waals surface area contributed by atoms with Crippen molar-refractivity contribution in [2.45, 2.75) is 64.0 Å². The molecule has 1 atom stereocenters. The lowest BCUT2D eigenvalue weighted by atomic mass is 10.1. The molecule has 0 radical (unpaired) electrons. The number of nitrogens with one attached hydrogen (secondary N) is 1. The Bertz CT molecular complexity index is 630. The zero-order valence-electron chi connectivity index (χ0n) is 13.0. The molecule has 1 aliphatic heterocycles. The Morgan fingerprint density at radius 2 is 2.05 bits per heavy atom. The molecule has 0 aromatic carbocycles. The highest BCUT2D eigenvalue weighted by Crippen LogP contribution is 2.34. The van der Waals surface area contributed by atoms with Crippen molar-refractivity contribution in [3.63, 3.8) is 0 Å². The summed E-state index contributed by atoms with van der Waals surface area (Å²) in [6.45, 7) is 3.68. The quantitative estimate of drug-likeness (QED) is 0.934. The van der Waals surface area contributed by atoms with Gasteiger partial charge in [-0.1, -0.05) is 18.0 Å². The Morgan fingerprint density at radius 1 is 1.18 bits per heavy atom. The van der Waals surface area contributed by atoms with Crippen molar-refractivity contribution in [3.05, 3.63) is 23.4 Å². The molecular formula is C15H22N6O. The number of aromatic amines is 1. The zero-order chi connectivity index (χ0) is 14.9. The summed E-state index contributed by atoms with van der Waals surface area (Å²) in [5, 5.41) is 11.4. The van der Waals surface area contributed by atoms with Crippen molar-refractivity contribution < 1.29 is 4.52 Å². The maximum absolute atomic E-state index is 5.48. The molecule has 1 N–H and O–H groups in total. The van der Waals surface area contributed by atoms with Gasteiger partial charge in [0.1, 0.15) is 5.82 Å². The first-order valence-electron chi connectivity index (χ1n) is 8.25. The van der Waals surface area contributed by atoms with Crippen LogP contribution in [0.25, 0.3) is 0 Å². The molecule has 2 aliphatic rings. The molecule has 2 aromatic rings. The van der Waals surface area contributed by atoms with E-state index < -0.39 is 0 Å². The summed E-state index contributed by atoms with van der Waals surface area (Å²) in [5.41, 5.74) is 0. The third-order valence-corrected chi connectivity index (χ3v) is 4.81. The fourth-order valence-corrected chi connectivity index (χ4v) is 3.67. The van der Waals surface area contributed by atoms with Crippen molar-refractivity contribution in [1.29, 1.82) is 0 Å². The van der Waals surface area contributed by atoms with E-state index in [2.05, 4.69) is 30.2 Å². The lowest BCUT2D eigenvalue weighted by molar-refractivity contribution is 0.230. The molecule has 7 heteroatoms. The molecule has 22 heavy (non-hydrogen) atoms. The molecule has 1 saturated heterocycles. The summed E-state index contributed by atoms with van der Waals surface area (Å²) in [7, 11) is 0. The van der Waals surface area contributed by atoms with Crippen LogP contribution in [0, 0.1) is 6.92 Å². The average molecular weight is 302 g/mol. The van der Waals surface area contributed by atoms with E-state index >= 15 is 0 Å². The van der Waals surface area contributed by atoms with Gasteiger partial charge < -0.3 is 4.52 Å². The van der Waals surface area contributed by atoms with Crippen LogP contribution in [-0.2, 0) is 6.54 Å². The average Bonchev–Trinajstić information content (AvgIpc) is 3.26. The highest BCUT2D eigenvalue weighted by atomic mass is 16.5. The fraction of sp³-hybridized carbons (Fsp3) is 0.733. The predicted octanol–water partition coefficient (Wildman–Crippen LogP) is 2.49. The molecule has 1 aliphatic carbocycles. The first-order valence-corrected chi connectivity index (χ1v) is 8.25. The summed E-state index contributed by atoms with van der Waals surface area (Å²) in [4.78, 5) is 11.5.